The zero-order chi connectivity index (χ0) is 22.2. The van der Waals surface area contributed by atoms with Gasteiger partial charge in [-0.2, -0.15) is 0 Å². The van der Waals surface area contributed by atoms with Crippen molar-refractivity contribution in [2.45, 2.75) is 57.8 Å². The smallest absolute Gasteiger partial charge is 0.404 e. The zero-order valence-corrected chi connectivity index (χ0v) is 17.4. The Morgan fingerprint density at radius 3 is 2.57 bits per heavy atom. The lowest BCUT2D eigenvalue weighted by Crippen LogP contribution is -2.43. The number of rotatable bonds is 14. The van der Waals surface area contributed by atoms with Gasteiger partial charge >= 0.3 is 6.09 Å². The van der Waals surface area contributed by atoms with Crippen LogP contribution >= 0.6 is 0 Å². The lowest BCUT2D eigenvalue weighted by atomic mass is 10.1. The Morgan fingerprint density at radius 2 is 1.93 bits per heavy atom. The third-order valence-electron chi connectivity index (χ3n) is 4.40. The molecule has 0 spiro atoms. The van der Waals surface area contributed by atoms with Crippen molar-refractivity contribution >= 4 is 12.0 Å². The fourth-order valence-corrected chi connectivity index (χ4v) is 2.66. The first-order valence-electron chi connectivity index (χ1n) is 10.1. The highest BCUT2D eigenvalue weighted by Gasteiger charge is 2.20. The van der Waals surface area contributed by atoms with Crippen LogP contribution in [0.5, 0.6) is 0 Å². The largest absolute Gasteiger partial charge is 0.465 e. The van der Waals surface area contributed by atoms with E-state index in [9.17, 15) is 9.59 Å². The molecule has 0 aliphatic carbocycles. The maximum atomic E-state index is 11.0. The average molecular weight is 421 g/mol. The number of primary amides is 1. The molecule has 166 valence electrons. The fourth-order valence-electron chi connectivity index (χ4n) is 2.66. The predicted octanol–water partition coefficient (Wildman–Crippen LogP) is 2.02. The van der Waals surface area contributed by atoms with Gasteiger partial charge in [-0.25, -0.2) is 4.79 Å². The summed E-state index contributed by atoms with van der Waals surface area (Å²) in [4.78, 5) is 21.9. The van der Waals surface area contributed by atoms with Gasteiger partial charge in [0.05, 0.1) is 18.8 Å². The molecule has 0 aliphatic rings. The summed E-state index contributed by atoms with van der Waals surface area (Å²) in [5.41, 5.74) is 6.94. The summed E-state index contributed by atoms with van der Waals surface area (Å²) in [6.07, 6.45) is 1.43. The molecule has 0 heterocycles. The lowest BCUT2D eigenvalue weighted by Gasteiger charge is -2.24. The number of hydrogen-bond donors (Lipinski definition) is 4. The van der Waals surface area contributed by atoms with E-state index in [-0.39, 0.29) is 19.4 Å². The van der Waals surface area contributed by atoms with Crippen LogP contribution in [-0.2, 0) is 20.9 Å². The number of carbonyl (C=O) groups is 2. The predicted molar refractivity (Wildman–Crippen MR) is 113 cm³/mol. The molecule has 2 amide bonds. The second-order valence-electron chi connectivity index (χ2n) is 6.91. The van der Waals surface area contributed by atoms with Crippen LogP contribution in [0, 0.1) is 11.8 Å². The minimum absolute atomic E-state index is 0.0817. The molecule has 1 aromatic carbocycles. The van der Waals surface area contributed by atoms with Crippen molar-refractivity contribution in [3.63, 3.8) is 0 Å². The maximum Gasteiger partial charge on any atom is 0.404 e. The van der Waals surface area contributed by atoms with Crippen molar-refractivity contribution in [2.24, 2.45) is 5.73 Å². The molecule has 8 nitrogen and oxygen atoms in total. The number of nitrogens with two attached hydrogens (primary N) is 1. The van der Waals surface area contributed by atoms with Gasteiger partial charge in [-0.15, -0.1) is 0 Å². The molecule has 30 heavy (non-hydrogen) atoms. The summed E-state index contributed by atoms with van der Waals surface area (Å²) >= 11 is 0. The monoisotopic (exact) mass is 420 g/mol. The number of carboxylic acid groups (broad SMARTS) is 1. The summed E-state index contributed by atoms with van der Waals surface area (Å²) in [7, 11) is 0. The molecule has 0 saturated heterocycles. The normalized spacial score (nSPS) is 12.5. The summed E-state index contributed by atoms with van der Waals surface area (Å²) in [6, 6.07) is 7.05. The van der Waals surface area contributed by atoms with Gasteiger partial charge in [0.25, 0.3) is 0 Å². The molecule has 1 rings (SSSR count). The van der Waals surface area contributed by atoms with E-state index in [0.717, 1.165) is 30.4 Å². The molecule has 0 aromatic heterocycles. The number of hydrogen-bond acceptors (Lipinski definition) is 5. The van der Waals surface area contributed by atoms with E-state index < -0.39 is 24.1 Å². The molecule has 5 N–H and O–H groups in total. The van der Waals surface area contributed by atoms with Crippen LogP contribution in [0.15, 0.2) is 24.3 Å². The quantitative estimate of drug-likeness (QED) is 0.269. The van der Waals surface area contributed by atoms with Crippen LogP contribution in [0.3, 0.4) is 0 Å². The number of carbonyl (C=O) groups excluding carboxylic acids is 1. The molecule has 0 fully saturated rings. The fraction of sp³-hybridized carbons (Fsp3) is 0.545. The van der Waals surface area contributed by atoms with Crippen molar-refractivity contribution in [2.75, 3.05) is 19.8 Å². The van der Waals surface area contributed by atoms with Crippen LogP contribution in [0.1, 0.15) is 50.2 Å². The highest BCUT2D eigenvalue weighted by atomic mass is 16.5. The van der Waals surface area contributed by atoms with Gasteiger partial charge in [-0.05, 0) is 50.3 Å². The number of benzene rings is 1. The van der Waals surface area contributed by atoms with Crippen molar-refractivity contribution in [3.8, 4) is 11.8 Å². The Bertz CT molecular complexity index is 696. The average Bonchev–Trinajstić information content (AvgIpc) is 2.71. The van der Waals surface area contributed by atoms with Gasteiger partial charge in [0.1, 0.15) is 6.61 Å². The molecule has 0 aliphatic heterocycles. The second-order valence-corrected chi connectivity index (χ2v) is 6.91. The second kappa shape index (κ2) is 15.3. The Labute approximate surface area is 177 Å². The van der Waals surface area contributed by atoms with E-state index in [4.69, 9.17) is 25.4 Å². The highest BCUT2D eigenvalue weighted by molar-refractivity contribution is 5.73. The van der Waals surface area contributed by atoms with E-state index in [1.54, 1.807) is 6.92 Å². The first-order valence-corrected chi connectivity index (χ1v) is 10.1. The Morgan fingerprint density at radius 1 is 1.20 bits per heavy atom. The van der Waals surface area contributed by atoms with Crippen molar-refractivity contribution < 1.29 is 29.3 Å². The first-order chi connectivity index (χ1) is 14.4. The maximum absolute atomic E-state index is 11.0. The number of aliphatic hydroxyl groups is 1. The van der Waals surface area contributed by atoms with Gasteiger partial charge in [0, 0.05) is 25.2 Å². The van der Waals surface area contributed by atoms with E-state index in [1.165, 1.54) is 0 Å². The van der Waals surface area contributed by atoms with Gasteiger partial charge in [-0.1, -0.05) is 24.0 Å². The Balaban J connectivity index is 2.41. The van der Waals surface area contributed by atoms with Crippen LogP contribution in [0.25, 0.3) is 0 Å². The van der Waals surface area contributed by atoms with Crippen LogP contribution in [0.2, 0.25) is 0 Å². The van der Waals surface area contributed by atoms with E-state index >= 15 is 0 Å². The summed E-state index contributed by atoms with van der Waals surface area (Å²) < 4.78 is 11.2. The van der Waals surface area contributed by atoms with E-state index in [1.807, 2.05) is 24.3 Å². The number of ether oxygens (including phenoxy) is 2. The third-order valence-corrected chi connectivity index (χ3v) is 4.40. The van der Waals surface area contributed by atoms with Gasteiger partial charge < -0.3 is 30.7 Å². The van der Waals surface area contributed by atoms with Crippen molar-refractivity contribution in [1.82, 2.24) is 5.32 Å². The van der Waals surface area contributed by atoms with Crippen LogP contribution < -0.4 is 11.1 Å². The van der Waals surface area contributed by atoms with Gasteiger partial charge in [0.2, 0.25) is 5.91 Å². The summed E-state index contributed by atoms with van der Waals surface area (Å²) in [5, 5.41) is 20.0. The Kier molecular flexibility index (Phi) is 12.9. The minimum Gasteiger partial charge on any atom is -0.465 e. The summed E-state index contributed by atoms with van der Waals surface area (Å²) in [6.45, 7) is 3.28. The molecule has 2 atom stereocenters. The van der Waals surface area contributed by atoms with Crippen molar-refractivity contribution in [3.05, 3.63) is 35.4 Å². The lowest BCUT2D eigenvalue weighted by molar-refractivity contribution is -0.118. The minimum atomic E-state index is -1.17. The number of aliphatic hydroxyl groups excluding tert-OH is 1. The Hall–Kier alpha value is -2.60. The first kappa shape index (κ1) is 25.4. The SMILES string of the molecule is C[C@@H](OCc1ccc(C#CCOCCCCCO)cc1)[C@H](CCC(N)=O)NC(=O)O. The van der Waals surface area contributed by atoms with Crippen molar-refractivity contribution in [1.29, 1.82) is 0 Å². The van der Waals surface area contributed by atoms with Gasteiger partial charge in [-0.3, -0.25) is 4.79 Å². The van der Waals surface area contributed by atoms with Crippen LogP contribution in [-0.4, -0.2) is 54.2 Å². The van der Waals surface area contributed by atoms with Crippen LogP contribution in [0.4, 0.5) is 4.79 Å². The number of nitrogens with one attached hydrogen (secondary N) is 1. The molecule has 8 heteroatoms. The molecule has 0 saturated carbocycles. The van der Waals surface area contributed by atoms with Gasteiger partial charge in [0.15, 0.2) is 0 Å². The standard InChI is InChI=1S/C22H32N2O6/c1-17(20(24-22(27)28)11-12-21(23)26)30-16-19-9-7-18(8-10-19)6-5-15-29-14-4-2-3-13-25/h7-10,17,20,24-25H,2-4,11-16H2,1H3,(H2,23,26)(H,27,28)/t17-,20+/m1/s1. The molecular weight excluding hydrogens is 388 g/mol. The van der Waals surface area contributed by atoms with E-state index in [0.29, 0.717) is 19.8 Å². The molecular formula is C22H32N2O6. The number of unbranched alkanes of at least 4 members (excludes halogenated alkanes) is 2. The topological polar surface area (TPSA) is 131 Å². The van der Waals surface area contributed by atoms with E-state index in [2.05, 4.69) is 17.2 Å². The molecule has 0 bridgehead atoms. The summed E-state index contributed by atoms with van der Waals surface area (Å²) in [5.74, 6) is 5.51. The number of amides is 2. The molecule has 1 aromatic rings. The molecule has 0 radical (unpaired) electrons. The molecule has 0 unspecified atom stereocenters. The zero-order valence-electron chi connectivity index (χ0n) is 17.4. The third kappa shape index (κ3) is 12.1. The highest BCUT2D eigenvalue weighted by Crippen LogP contribution is 2.11.